The highest BCUT2D eigenvalue weighted by Crippen LogP contribution is 2.30. The van der Waals surface area contributed by atoms with Crippen molar-refractivity contribution in [1.29, 1.82) is 0 Å². The molecule has 0 bridgehead atoms. The molecule has 194 valence electrons. The summed E-state index contributed by atoms with van der Waals surface area (Å²) in [6.45, 7) is 7.51. The van der Waals surface area contributed by atoms with Gasteiger partial charge in [-0.3, -0.25) is 28.6 Å². The number of nitrogens with zero attached hydrogens (tertiary/aromatic N) is 4. The molecule has 0 N–H and O–H groups in total. The fourth-order valence-corrected chi connectivity index (χ4v) is 5.03. The predicted molar refractivity (Wildman–Crippen MR) is 138 cm³/mol. The number of hydrogen-bond acceptors (Lipinski definition) is 5. The number of benzene rings is 2. The van der Waals surface area contributed by atoms with E-state index in [0.29, 0.717) is 48.3 Å². The summed E-state index contributed by atoms with van der Waals surface area (Å²) < 4.78 is 14.7. The van der Waals surface area contributed by atoms with Crippen LogP contribution in [0.25, 0.3) is 10.9 Å². The van der Waals surface area contributed by atoms with E-state index in [9.17, 15) is 23.6 Å². The molecule has 2 aromatic carbocycles. The number of halogens is 1. The molecular formula is C28H31FN4O4. The summed E-state index contributed by atoms with van der Waals surface area (Å²) in [6.07, 6.45) is 0. The van der Waals surface area contributed by atoms with E-state index < -0.39 is 11.7 Å². The van der Waals surface area contributed by atoms with Crippen molar-refractivity contribution in [3.8, 4) is 0 Å². The Morgan fingerprint density at radius 1 is 1.03 bits per heavy atom. The van der Waals surface area contributed by atoms with Crippen molar-refractivity contribution in [3.63, 3.8) is 0 Å². The molecule has 0 unspecified atom stereocenters. The molecule has 1 aliphatic rings. The first-order chi connectivity index (χ1) is 17.5. The minimum Gasteiger partial charge on any atom is -0.342 e. The molecule has 1 atom stereocenters. The van der Waals surface area contributed by atoms with E-state index in [0.717, 1.165) is 5.56 Å². The van der Waals surface area contributed by atoms with Crippen LogP contribution in [0, 0.1) is 12.7 Å². The molecule has 8 nitrogen and oxygen atoms in total. The second-order valence-electron chi connectivity index (χ2n) is 9.78. The first-order valence-corrected chi connectivity index (χ1v) is 12.2. The van der Waals surface area contributed by atoms with Gasteiger partial charge in [0.25, 0.3) is 11.8 Å². The van der Waals surface area contributed by atoms with E-state index in [-0.39, 0.29) is 29.2 Å². The summed E-state index contributed by atoms with van der Waals surface area (Å²) >= 11 is 0. The van der Waals surface area contributed by atoms with Gasteiger partial charge >= 0.3 is 0 Å². The molecular weight excluding hydrogens is 475 g/mol. The second-order valence-corrected chi connectivity index (χ2v) is 9.78. The van der Waals surface area contributed by atoms with Gasteiger partial charge in [-0.15, -0.1) is 0 Å². The van der Waals surface area contributed by atoms with Crippen molar-refractivity contribution in [2.24, 2.45) is 0 Å². The first kappa shape index (κ1) is 26.2. The number of piperazine rings is 1. The van der Waals surface area contributed by atoms with Crippen LogP contribution in [0.4, 0.5) is 4.39 Å². The third kappa shape index (κ3) is 5.04. The van der Waals surface area contributed by atoms with Crippen molar-refractivity contribution in [2.45, 2.75) is 33.4 Å². The fraction of sp³-hybridized carbons (Fsp3) is 0.357. The van der Waals surface area contributed by atoms with Crippen molar-refractivity contribution in [2.75, 3.05) is 33.7 Å². The van der Waals surface area contributed by atoms with Crippen LogP contribution in [0.3, 0.4) is 0 Å². The Bertz CT molecular complexity index is 1390. The van der Waals surface area contributed by atoms with Gasteiger partial charge in [-0.2, -0.15) is 0 Å². The highest BCUT2D eigenvalue weighted by atomic mass is 19.1. The van der Waals surface area contributed by atoms with Crippen LogP contribution < -0.4 is 0 Å². The number of ketones is 1. The Morgan fingerprint density at radius 2 is 1.70 bits per heavy atom. The zero-order chi connectivity index (χ0) is 27.0. The van der Waals surface area contributed by atoms with Crippen LogP contribution in [0.5, 0.6) is 0 Å². The fourth-order valence-electron chi connectivity index (χ4n) is 5.03. The van der Waals surface area contributed by atoms with Gasteiger partial charge in [0.2, 0.25) is 11.7 Å². The maximum Gasteiger partial charge on any atom is 0.294 e. The zero-order valence-electron chi connectivity index (χ0n) is 21.7. The lowest BCUT2D eigenvalue weighted by molar-refractivity contribution is -0.124. The number of Topliss-reactive ketones (excluding diaryl/α,β-unsaturated/α-hetero) is 1. The van der Waals surface area contributed by atoms with Crippen molar-refractivity contribution >= 4 is 34.4 Å². The number of hydrogen-bond donors (Lipinski definition) is 0. The summed E-state index contributed by atoms with van der Waals surface area (Å²) in [5.74, 6) is -2.09. The van der Waals surface area contributed by atoms with Crippen molar-refractivity contribution in [1.82, 2.24) is 19.3 Å². The third-order valence-electron chi connectivity index (χ3n) is 6.89. The summed E-state index contributed by atoms with van der Waals surface area (Å²) in [6, 6.07) is 10.9. The number of carbonyl (C=O) groups excluding carboxylic acids is 4. The van der Waals surface area contributed by atoms with E-state index >= 15 is 0 Å². The van der Waals surface area contributed by atoms with Crippen molar-refractivity contribution < 1.29 is 23.6 Å². The maximum atomic E-state index is 13.9. The van der Waals surface area contributed by atoms with Gasteiger partial charge in [0.15, 0.2) is 0 Å². The van der Waals surface area contributed by atoms with Gasteiger partial charge in [0.05, 0.1) is 11.1 Å². The lowest BCUT2D eigenvalue weighted by Crippen LogP contribution is -2.53. The molecule has 1 fully saturated rings. The van der Waals surface area contributed by atoms with E-state index in [1.165, 1.54) is 54.8 Å². The Labute approximate surface area is 215 Å². The molecule has 4 rings (SSSR count). The molecule has 2 amide bonds. The molecule has 1 aromatic heterocycles. The summed E-state index contributed by atoms with van der Waals surface area (Å²) in [4.78, 5) is 56.6. The number of amides is 2. The van der Waals surface area contributed by atoms with E-state index in [4.69, 9.17) is 0 Å². The summed E-state index contributed by atoms with van der Waals surface area (Å²) in [5, 5.41) is 0.469. The molecule has 0 saturated carbocycles. The van der Waals surface area contributed by atoms with Crippen LogP contribution in [-0.4, -0.2) is 82.5 Å². The van der Waals surface area contributed by atoms with Gasteiger partial charge in [-0.05, 0) is 49.7 Å². The van der Waals surface area contributed by atoms with E-state index in [1.54, 1.807) is 30.0 Å². The molecule has 0 aliphatic carbocycles. The third-order valence-corrected chi connectivity index (χ3v) is 6.89. The Morgan fingerprint density at radius 3 is 2.30 bits per heavy atom. The smallest absolute Gasteiger partial charge is 0.294 e. The van der Waals surface area contributed by atoms with Crippen LogP contribution in [0.15, 0.2) is 42.5 Å². The first-order valence-electron chi connectivity index (χ1n) is 12.2. The van der Waals surface area contributed by atoms with Gasteiger partial charge < -0.3 is 9.80 Å². The molecule has 0 radical (unpaired) electrons. The standard InChI is InChI=1S/C28H31FN4O4/c1-17-15-31(16-20-6-9-22(29)10-7-20)12-13-32(17)27(36)25-18(2)33(19(3)34)24-11-8-21(14-23(24)25)26(35)28(37)30(4)5/h6-11,14,17H,12-13,15-16H2,1-5H3/t17-/m1/s1. The highest BCUT2D eigenvalue weighted by molar-refractivity contribution is 6.43. The monoisotopic (exact) mass is 506 g/mol. The number of fused-ring (bicyclic) bond motifs is 1. The SMILES string of the molecule is CC(=O)n1c(C)c(C(=O)N2CCN(Cc3ccc(F)cc3)C[C@H]2C)c2cc(C(=O)C(=O)N(C)C)ccc21. The number of aromatic nitrogens is 1. The minimum absolute atomic E-state index is 0.114. The average molecular weight is 507 g/mol. The Hall–Kier alpha value is -3.85. The average Bonchev–Trinajstić information content (AvgIpc) is 3.15. The second kappa shape index (κ2) is 10.3. The normalized spacial score (nSPS) is 16.2. The lowest BCUT2D eigenvalue weighted by Gasteiger charge is -2.40. The number of rotatable bonds is 5. The largest absolute Gasteiger partial charge is 0.342 e. The van der Waals surface area contributed by atoms with Gasteiger partial charge in [-0.25, -0.2) is 4.39 Å². The van der Waals surface area contributed by atoms with Crippen LogP contribution in [-0.2, 0) is 11.3 Å². The Balaban J connectivity index is 1.65. The van der Waals surface area contributed by atoms with E-state index in [2.05, 4.69) is 4.90 Å². The molecule has 37 heavy (non-hydrogen) atoms. The van der Waals surface area contributed by atoms with Crippen molar-refractivity contribution in [3.05, 3.63) is 70.7 Å². The highest BCUT2D eigenvalue weighted by Gasteiger charge is 2.32. The molecule has 3 aromatic rings. The molecule has 0 spiro atoms. The molecule has 2 heterocycles. The van der Waals surface area contributed by atoms with Gasteiger partial charge in [0, 0.05) is 69.9 Å². The zero-order valence-corrected chi connectivity index (χ0v) is 21.7. The summed E-state index contributed by atoms with van der Waals surface area (Å²) in [5.41, 5.74) is 2.54. The molecule has 1 aliphatic heterocycles. The van der Waals surface area contributed by atoms with Gasteiger partial charge in [-0.1, -0.05) is 12.1 Å². The van der Waals surface area contributed by atoms with Gasteiger partial charge in [0.1, 0.15) is 5.82 Å². The van der Waals surface area contributed by atoms with E-state index in [1.807, 2.05) is 6.92 Å². The maximum absolute atomic E-state index is 13.9. The van der Waals surface area contributed by atoms with Crippen LogP contribution in [0.2, 0.25) is 0 Å². The quantitative estimate of drug-likeness (QED) is 0.392. The number of likely N-dealkylation sites (N-methyl/N-ethyl adjacent to an activating group) is 1. The number of carbonyl (C=O) groups is 4. The van der Waals surface area contributed by atoms with Crippen LogP contribution in [0.1, 0.15) is 50.6 Å². The minimum atomic E-state index is -0.679. The topological polar surface area (TPSA) is 82.9 Å². The molecule has 9 heteroatoms. The lowest BCUT2D eigenvalue weighted by atomic mass is 10.0. The molecule has 1 saturated heterocycles. The summed E-state index contributed by atoms with van der Waals surface area (Å²) in [7, 11) is 3.00. The predicted octanol–water partition coefficient (Wildman–Crippen LogP) is 3.37. The Kier molecular flexibility index (Phi) is 7.27. The van der Waals surface area contributed by atoms with Crippen LogP contribution >= 0.6 is 0 Å².